The maximum absolute atomic E-state index is 12.3. The van der Waals surface area contributed by atoms with Crippen LogP contribution in [-0.2, 0) is 17.8 Å². The summed E-state index contributed by atoms with van der Waals surface area (Å²) in [5, 5.41) is 0. The third-order valence-corrected chi connectivity index (χ3v) is 6.14. The van der Waals surface area contributed by atoms with Gasteiger partial charge in [-0.05, 0) is 38.8 Å². The fourth-order valence-corrected chi connectivity index (χ4v) is 3.65. The summed E-state index contributed by atoms with van der Waals surface area (Å²) >= 11 is 0. The van der Waals surface area contributed by atoms with Gasteiger partial charge in [-0.15, -0.1) is 0 Å². The topological polar surface area (TPSA) is 44.8 Å². The Morgan fingerprint density at radius 1 is 1.24 bits per heavy atom. The van der Waals surface area contributed by atoms with Crippen molar-refractivity contribution in [3.8, 4) is 11.5 Å². The van der Waals surface area contributed by atoms with Gasteiger partial charge in [0.15, 0.2) is 0 Å². The van der Waals surface area contributed by atoms with Crippen LogP contribution in [0.3, 0.4) is 0 Å². The predicted molar refractivity (Wildman–Crippen MR) is 104 cm³/mol. The Kier molecular flexibility index (Phi) is 5.98. The monoisotopic (exact) mass is 362 g/mol. The van der Waals surface area contributed by atoms with Crippen LogP contribution in [0.15, 0.2) is 11.6 Å². The van der Waals surface area contributed by atoms with E-state index in [0.717, 1.165) is 28.5 Å². The molecular formula is C20H30O4Si. The fraction of sp³-hybridized carbons (Fsp3) is 0.550. The lowest BCUT2D eigenvalue weighted by molar-refractivity contribution is 0.0532. The Morgan fingerprint density at radius 2 is 1.92 bits per heavy atom. The largest absolute Gasteiger partial charge is 0.496 e. The van der Waals surface area contributed by atoms with Gasteiger partial charge >= 0.3 is 5.97 Å². The smallest absolute Gasteiger partial charge is 0.342 e. The van der Waals surface area contributed by atoms with Crippen molar-refractivity contribution < 1.29 is 19.0 Å². The summed E-state index contributed by atoms with van der Waals surface area (Å²) < 4.78 is 17.2. The molecule has 1 aliphatic rings. The van der Waals surface area contributed by atoms with E-state index in [2.05, 4.69) is 39.6 Å². The van der Waals surface area contributed by atoms with Crippen LogP contribution >= 0.6 is 0 Å². The average Bonchev–Trinajstić information content (AvgIpc) is 2.88. The van der Waals surface area contributed by atoms with E-state index < -0.39 is 8.07 Å². The van der Waals surface area contributed by atoms with Gasteiger partial charge in [0, 0.05) is 19.2 Å². The molecule has 4 nitrogen and oxygen atoms in total. The summed E-state index contributed by atoms with van der Waals surface area (Å²) in [4.78, 5) is 12.3. The minimum absolute atomic E-state index is 0.290. The Hall–Kier alpha value is -1.75. The van der Waals surface area contributed by atoms with E-state index in [9.17, 15) is 4.79 Å². The molecule has 0 aliphatic carbocycles. The molecule has 0 amide bonds. The number of ether oxygens (including phenoxy) is 3. The first-order valence-corrected chi connectivity index (χ1v) is 12.5. The minimum atomic E-state index is -1.22. The Labute approximate surface area is 152 Å². The third-order valence-electron chi connectivity index (χ3n) is 4.44. The summed E-state index contributed by atoms with van der Waals surface area (Å²) in [6.07, 6.45) is 2.81. The van der Waals surface area contributed by atoms with Crippen molar-refractivity contribution in [2.45, 2.75) is 59.5 Å². The summed E-state index contributed by atoms with van der Waals surface area (Å²) in [5.74, 6) is 1.16. The highest BCUT2D eigenvalue weighted by atomic mass is 28.3. The second-order valence-electron chi connectivity index (χ2n) is 8.04. The molecule has 25 heavy (non-hydrogen) atoms. The van der Waals surface area contributed by atoms with Crippen molar-refractivity contribution in [2.24, 2.45) is 0 Å². The lowest BCUT2D eigenvalue weighted by Crippen LogP contribution is -2.23. The number of rotatable bonds is 7. The second-order valence-corrected chi connectivity index (χ2v) is 13.7. The van der Waals surface area contributed by atoms with Gasteiger partial charge in [-0.3, -0.25) is 0 Å². The maximum Gasteiger partial charge on any atom is 0.342 e. The molecule has 0 aromatic heterocycles. The molecule has 1 aromatic carbocycles. The number of allylic oxidation sites excluding steroid dienone is 2. The molecule has 0 unspecified atom stereocenters. The van der Waals surface area contributed by atoms with Crippen LogP contribution in [0.4, 0.5) is 0 Å². The van der Waals surface area contributed by atoms with Crippen molar-refractivity contribution in [3.05, 3.63) is 33.9 Å². The van der Waals surface area contributed by atoms with Gasteiger partial charge in [-0.2, -0.15) is 0 Å². The van der Waals surface area contributed by atoms with Gasteiger partial charge in [-0.1, -0.05) is 31.3 Å². The van der Waals surface area contributed by atoms with Gasteiger partial charge in [0.1, 0.15) is 23.7 Å². The number of carbonyl (C=O) groups excluding carboxylic acids is 1. The Morgan fingerprint density at radius 3 is 2.48 bits per heavy atom. The van der Waals surface area contributed by atoms with E-state index in [4.69, 9.17) is 14.2 Å². The number of carbonyl (C=O) groups is 1. The van der Waals surface area contributed by atoms with Crippen LogP contribution in [0.5, 0.6) is 11.5 Å². The number of cyclic esters (lactones) is 1. The van der Waals surface area contributed by atoms with Gasteiger partial charge in [0.05, 0.1) is 13.7 Å². The molecule has 0 N–H and O–H groups in total. The first-order chi connectivity index (χ1) is 11.7. The van der Waals surface area contributed by atoms with Crippen LogP contribution < -0.4 is 9.47 Å². The van der Waals surface area contributed by atoms with Crippen molar-refractivity contribution in [1.82, 2.24) is 0 Å². The highest BCUT2D eigenvalue weighted by Crippen LogP contribution is 2.43. The molecule has 0 atom stereocenters. The van der Waals surface area contributed by atoms with Gasteiger partial charge in [0.25, 0.3) is 0 Å². The molecule has 2 rings (SSSR count). The van der Waals surface area contributed by atoms with E-state index in [1.807, 2.05) is 6.92 Å². The van der Waals surface area contributed by atoms with Crippen LogP contribution in [-0.4, -0.2) is 27.8 Å². The zero-order valence-corrected chi connectivity index (χ0v) is 17.5. The van der Waals surface area contributed by atoms with Gasteiger partial charge in [-0.25, -0.2) is 4.79 Å². The van der Waals surface area contributed by atoms with E-state index in [-0.39, 0.29) is 5.97 Å². The van der Waals surface area contributed by atoms with E-state index in [1.165, 1.54) is 5.57 Å². The Balaban J connectivity index is 2.53. The zero-order chi connectivity index (χ0) is 18.8. The molecule has 138 valence electrons. The number of methoxy groups -OCH3 is 1. The second kappa shape index (κ2) is 7.64. The summed E-state index contributed by atoms with van der Waals surface area (Å²) in [7, 11) is 0.446. The maximum atomic E-state index is 12.3. The van der Waals surface area contributed by atoms with E-state index in [0.29, 0.717) is 30.9 Å². The molecule has 0 saturated heterocycles. The molecule has 0 spiro atoms. The molecule has 1 aromatic rings. The molecule has 0 fully saturated rings. The van der Waals surface area contributed by atoms with Crippen LogP contribution in [0, 0.1) is 6.92 Å². The number of fused-ring (bicyclic) bond motifs is 1. The first kappa shape index (κ1) is 19.6. The molecule has 0 radical (unpaired) electrons. The first-order valence-electron chi connectivity index (χ1n) is 8.81. The summed E-state index contributed by atoms with van der Waals surface area (Å²) in [6, 6.07) is 1.04. The van der Waals surface area contributed by atoms with Crippen molar-refractivity contribution >= 4 is 14.0 Å². The standard InChI is InChI=1S/C20H30O4Si/c1-13(2)8-9-15-18(22-4)14(3)16-12-24-20(21)17(16)19(15)23-10-11-25(5,6)7/h8H,9-12H2,1-7H3. The molecular weight excluding hydrogens is 332 g/mol. The predicted octanol–water partition coefficient (Wildman–Crippen LogP) is 4.90. The number of hydrogen-bond donors (Lipinski definition) is 0. The number of benzene rings is 1. The number of hydrogen-bond acceptors (Lipinski definition) is 4. The van der Waals surface area contributed by atoms with Gasteiger partial charge in [0.2, 0.25) is 0 Å². The molecule has 1 aliphatic heterocycles. The molecule has 0 bridgehead atoms. The minimum Gasteiger partial charge on any atom is -0.496 e. The van der Waals surface area contributed by atoms with Crippen molar-refractivity contribution in [3.63, 3.8) is 0 Å². The van der Waals surface area contributed by atoms with Crippen molar-refractivity contribution in [1.29, 1.82) is 0 Å². The molecule has 5 heteroatoms. The van der Waals surface area contributed by atoms with Crippen molar-refractivity contribution in [2.75, 3.05) is 13.7 Å². The average molecular weight is 363 g/mol. The van der Waals surface area contributed by atoms with Gasteiger partial charge < -0.3 is 14.2 Å². The normalized spacial score (nSPS) is 13.3. The van der Waals surface area contributed by atoms with Crippen LogP contribution in [0.2, 0.25) is 25.7 Å². The zero-order valence-electron chi connectivity index (χ0n) is 16.5. The molecule has 1 heterocycles. The lowest BCUT2D eigenvalue weighted by Gasteiger charge is -2.21. The third kappa shape index (κ3) is 4.45. The Bertz CT molecular complexity index is 695. The highest BCUT2D eigenvalue weighted by molar-refractivity contribution is 6.76. The summed E-state index contributed by atoms with van der Waals surface area (Å²) in [6.45, 7) is 14.0. The van der Waals surface area contributed by atoms with E-state index >= 15 is 0 Å². The SMILES string of the molecule is COc1c(C)c2c(c(OCC[Si](C)(C)C)c1CC=C(C)C)C(=O)OC2. The highest BCUT2D eigenvalue weighted by Gasteiger charge is 2.33. The van der Waals surface area contributed by atoms with Crippen LogP contribution in [0.25, 0.3) is 0 Å². The van der Waals surface area contributed by atoms with E-state index in [1.54, 1.807) is 7.11 Å². The quantitative estimate of drug-likeness (QED) is 0.393. The molecule has 0 saturated carbocycles. The summed E-state index contributed by atoms with van der Waals surface area (Å²) in [5.41, 5.74) is 4.61. The lowest BCUT2D eigenvalue weighted by atomic mass is 9.95. The van der Waals surface area contributed by atoms with Crippen LogP contribution in [0.1, 0.15) is 40.9 Å². The number of esters is 1. The fourth-order valence-electron chi connectivity index (χ4n) is 2.93.